The molecular weight excluding hydrogens is 323 g/mol. The van der Waals surface area contributed by atoms with E-state index in [4.69, 9.17) is 9.84 Å². The van der Waals surface area contributed by atoms with Gasteiger partial charge in [0.25, 0.3) is 0 Å². The van der Waals surface area contributed by atoms with Crippen LogP contribution in [0.3, 0.4) is 0 Å². The molecule has 0 aliphatic carbocycles. The van der Waals surface area contributed by atoms with Crippen molar-refractivity contribution in [3.63, 3.8) is 0 Å². The highest BCUT2D eigenvalue weighted by Gasteiger charge is 2.13. The molecule has 1 heterocycles. The van der Waals surface area contributed by atoms with Gasteiger partial charge in [-0.25, -0.2) is 9.18 Å². The number of hydrogen-bond acceptors (Lipinski definition) is 3. The largest absolute Gasteiger partial charge is 0.486 e. The molecule has 0 spiro atoms. The Balaban J connectivity index is 2.14. The van der Waals surface area contributed by atoms with Gasteiger partial charge in [0.1, 0.15) is 11.5 Å². The van der Waals surface area contributed by atoms with Gasteiger partial charge in [-0.15, -0.1) is 11.3 Å². The molecule has 0 bridgehead atoms. The van der Waals surface area contributed by atoms with Gasteiger partial charge in [0.05, 0.1) is 0 Å². The Morgan fingerprint density at radius 3 is 2.94 bits per heavy atom. The molecule has 0 amide bonds. The summed E-state index contributed by atoms with van der Waals surface area (Å²) >= 11 is 4.33. The summed E-state index contributed by atoms with van der Waals surface area (Å²) in [5.74, 6) is -1.39. The molecule has 0 saturated carbocycles. The number of benzene rings is 1. The van der Waals surface area contributed by atoms with E-state index in [9.17, 15) is 9.18 Å². The molecule has 0 radical (unpaired) electrons. The average Bonchev–Trinajstić information content (AvgIpc) is 2.79. The molecule has 1 aromatic carbocycles. The molecular formula is C12H8BrFO3S. The summed E-state index contributed by atoms with van der Waals surface area (Å²) in [5, 5.41) is 10.6. The third kappa shape index (κ3) is 2.88. The number of carboxylic acid groups (broad SMARTS) is 1. The van der Waals surface area contributed by atoms with Crippen molar-refractivity contribution in [2.45, 2.75) is 6.61 Å². The Labute approximate surface area is 115 Å². The minimum absolute atomic E-state index is 0.0263. The van der Waals surface area contributed by atoms with Gasteiger partial charge in [-0.3, -0.25) is 0 Å². The van der Waals surface area contributed by atoms with Gasteiger partial charge in [-0.2, -0.15) is 0 Å². The van der Waals surface area contributed by atoms with Crippen LogP contribution in [0.5, 0.6) is 5.75 Å². The van der Waals surface area contributed by atoms with Crippen molar-refractivity contribution in [1.29, 1.82) is 0 Å². The lowest BCUT2D eigenvalue weighted by Crippen LogP contribution is -2.02. The van der Waals surface area contributed by atoms with Crippen molar-refractivity contribution in [2.24, 2.45) is 0 Å². The summed E-state index contributed by atoms with van der Waals surface area (Å²) in [5.41, 5.74) is 0.534. The number of rotatable bonds is 4. The second-order valence-corrected chi connectivity index (χ2v) is 5.28. The Morgan fingerprint density at radius 2 is 2.22 bits per heavy atom. The lowest BCUT2D eigenvalue weighted by atomic mass is 10.2. The maximum Gasteiger partial charge on any atom is 0.346 e. The highest BCUT2D eigenvalue weighted by atomic mass is 79.9. The number of halogens is 2. The normalized spacial score (nSPS) is 10.3. The van der Waals surface area contributed by atoms with E-state index in [2.05, 4.69) is 15.9 Å². The Kier molecular flexibility index (Phi) is 3.98. The van der Waals surface area contributed by atoms with E-state index in [0.717, 1.165) is 11.3 Å². The maximum absolute atomic E-state index is 13.4. The minimum Gasteiger partial charge on any atom is -0.486 e. The first-order chi connectivity index (χ1) is 8.58. The quantitative estimate of drug-likeness (QED) is 0.923. The highest BCUT2D eigenvalue weighted by Crippen LogP contribution is 2.24. The van der Waals surface area contributed by atoms with Crippen molar-refractivity contribution < 1.29 is 19.0 Å². The summed E-state index contributed by atoms with van der Waals surface area (Å²) in [7, 11) is 0. The van der Waals surface area contributed by atoms with Crippen LogP contribution in [0.15, 0.2) is 34.1 Å². The first-order valence-corrected chi connectivity index (χ1v) is 6.62. The van der Waals surface area contributed by atoms with Crippen molar-refractivity contribution >= 4 is 33.2 Å². The number of aromatic carboxylic acids is 1. The fourth-order valence-corrected chi connectivity index (χ4v) is 2.47. The smallest absolute Gasteiger partial charge is 0.346 e. The predicted octanol–water partition coefficient (Wildman–Crippen LogP) is 3.93. The van der Waals surface area contributed by atoms with Gasteiger partial charge in [0, 0.05) is 10.0 Å². The molecule has 2 rings (SSSR count). The number of carbonyl (C=O) groups is 1. The van der Waals surface area contributed by atoms with E-state index in [-0.39, 0.29) is 17.2 Å². The van der Waals surface area contributed by atoms with E-state index in [1.54, 1.807) is 17.5 Å². The summed E-state index contributed by atoms with van der Waals surface area (Å²) in [4.78, 5) is 11.1. The molecule has 94 valence electrons. The van der Waals surface area contributed by atoms with Gasteiger partial charge < -0.3 is 9.84 Å². The number of carboxylic acids is 1. The lowest BCUT2D eigenvalue weighted by molar-refractivity contribution is 0.0699. The number of hydrogen-bond donors (Lipinski definition) is 1. The number of ether oxygens (including phenoxy) is 1. The summed E-state index contributed by atoms with van der Waals surface area (Å²) in [6, 6.07) is 6.01. The minimum atomic E-state index is -1.00. The molecule has 18 heavy (non-hydrogen) atoms. The average molecular weight is 331 g/mol. The van der Waals surface area contributed by atoms with Crippen molar-refractivity contribution in [3.05, 3.63) is 50.4 Å². The molecule has 3 nitrogen and oxygen atoms in total. The topological polar surface area (TPSA) is 46.5 Å². The Bertz CT molecular complexity index is 582. The SMILES string of the molecule is O=C(O)c1sccc1COc1cc(Br)ccc1F. The van der Waals surface area contributed by atoms with Gasteiger partial charge >= 0.3 is 5.97 Å². The second kappa shape index (κ2) is 5.49. The maximum atomic E-state index is 13.4. The fraction of sp³-hybridized carbons (Fsp3) is 0.0833. The van der Waals surface area contributed by atoms with Crippen LogP contribution in [0.25, 0.3) is 0 Å². The summed E-state index contributed by atoms with van der Waals surface area (Å²) in [6.07, 6.45) is 0. The lowest BCUT2D eigenvalue weighted by Gasteiger charge is -2.07. The van der Waals surface area contributed by atoms with Crippen LogP contribution in [-0.4, -0.2) is 11.1 Å². The first kappa shape index (κ1) is 13.0. The molecule has 0 aliphatic rings. The van der Waals surface area contributed by atoms with Crippen LogP contribution in [0.2, 0.25) is 0 Å². The molecule has 1 N–H and O–H groups in total. The van der Waals surface area contributed by atoms with Gasteiger partial charge in [0.15, 0.2) is 11.6 Å². The third-order valence-electron chi connectivity index (χ3n) is 2.22. The molecule has 1 aromatic heterocycles. The molecule has 2 aromatic rings. The fourth-order valence-electron chi connectivity index (χ4n) is 1.38. The van der Waals surface area contributed by atoms with E-state index in [1.807, 2.05) is 0 Å². The van der Waals surface area contributed by atoms with Gasteiger partial charge in [-0.1, -0.05) is 15.9 Å². The Hall–Kier alpha value is -1.40. The van der Waals surface area contributed by atoms with Crippen LogP contribution >= 0.6 is 27.3 Å². The third-order valence-corrected chi connectivity index (χ3v) is 3.66. The Morgan fingerprint density at radius 1 is 1.44 bits per heavy atom. The van der Waals surface area contributed by atoms with Crippen molar-refractivity contribution in [1.82, 2.24) is 0 Å². The van der Waals surface area contributed by atoms with Crippen LogP contribution in [-0.2, 0) is 6.61 Å². The zero-order valence-electron chi connectivity index (χ0n) is 9.02. The van der Waals surface area contributed by atoms with Crippen LogP contribution in [0.1, 0.15) is 15.2 Å². The molecule has 0 unspecified atom stereocenters. The summed E-state index contributed by atoms with van der Waals surface area (Å²) < 4.78 is 19.4. The predicted molar refractivity (Wildman–Crippen MR) is 69.7 cm³/mol. The number of thiophene rings is 1. The monoisotopic (exact) mass is 330 g/mol. The molecule has 0 atom stereocenters. The molecule has 0 saturated heterocycles. The molecule has 0 aliphatic heterocycles. The van der Waals surface area contributed by atoms with Crippen LogP contribution < -0.4 is 4.74 Å². The summed E-state index contributed by atoms with van der Waals surface area (Å²) in [6.45, 7) is 0.0263. The van der Waals surface area contributed by atoms with E-state index < -0.39 is 11.8 Å². The first-order valence-electron chi connectivity index (χ1n) is 4.95. The highest BCUT2D eigenvalue weighted by molar-refractivity contribution is 9.10. The van der Waals surface area contributed by atoms with Gasteiger partial charge in [-0.05, 0) is 29.6 Å². The van der Waals surface area contributed by atoms with Crippen molar-refractivity contribution in [3.8, 4) is 5.75 Å². The second-order valence-electron chi connectivity index (χ2n) is 3.44. The zero-order valence-corrected chi connectivity index (χ0v) is 11.4. The van der Waals surface area contributed by atoms with E-state index in [1.165, 1.54) is 12.1 Å². The standard InChI is InChI=1S/C12H8BrFO3S/c13-8-1-2-9(14)10(5-8)17-6-7-3-4-18-11(7)12(15)16/h1-5H,6H2,(H,15,16). The van der Waals surface area contributed by atoms with Crippen molar-refractivity contribution in [2.75, 3.05) is 0 Å². The zero-order chi connectivity index (χ0) is 13.1. The van der Waals surface area contributed by atoms with Crippen LogP contribution in [0, 0.1) is 5.82 Å². The van der Waals surface area contributed by atoms with Gasteiger partial charge in [0.2, 0.25) is 0 Å². The van der Waals surface area contributed by atoms with E-state index >= 15 is 0 Å². The van der Waals surface area contributed by atoms with Crippen LogP contribution in [0.4, 0.5) is 4.39 Å². The van der Waals surface area contributed by atoms with E-state index in [0.29, 0.717) is 10.0 Å². The molecule has 6 heteroatoms. The molecule has 0 fully saturated rings.